The molecule has 19 heavy (non-hydrogen) atoms. The molecule has 0 fully saturated rings. The first-order valence-corrected chi connectivity index (χ1v) is 7.80. The molecule has 0 saturated carbocycles. The zero-order chi connectivity index (χ0) is 13.7. The first-order chi connectivity index (χ1) is 9.13. The monoisotopic (exact) mass is 339 g/mol. The lowest BCUT2D eigenvalue weighted by Crippen LogP contribution is -2.25. The molecule has 0 aliphatic heterocycles. The van der Waals surface area contributed by atoms with Crippen LogP contribution in [0.1, 0.15) is 5.56 Å². The van der Waals surface area contributed by atoms with E-state index in [1.807, 2.05) is 12.1 Å². The molecule has 2 N–H and O–H groups in total. The quantitative estimate of drug-likeness (QED) is 0.824. The first kappa shape index (κ1) is 14.6. The Morgan fingerprint density at radius 1 is 1.05 bits per heavy atom. The van der Waals surface area contributed by atoms with Gasteiger partial charge in [0.2, 0.25) is 0 Å². The number of thioether (sulfide) groups is 1. The van der Waals surface area contributed by atoms with Gasteiger partial charge < -0.3 is 5.73 Å². The Balaban J connectivity index is 1.82. The molecule has 0 saturated heterocycles. The molecular formula is C15H15BrFNS. The molecule has 1 nitrogen and oxygen atoms in total. The maximum atomic E-state index is 12.8. The number of hydrogen-bond acceptors (Lipinski definition) is 2. The summed E-state index contributed by atoms with van der Waals surface area (Å²) in [4.78, 5) is 1.05. The van der Waals surface area contributed by atoms with E-state index in [0.717, 1.165) is 21.5 Å². The second kappa shape index (κ2) is 7.08. The van der Waals surface area contributed by atoms with E-state index in [0.29, 0.717) is 0 Å². The van der Waals surface area contributed by atoms with E-state index in [-0.39, 0.29) is 11.9 Å². The van der Waals surface area contributed by atoms with Gasteiger partial charge in [-0.25, -0.2) is 4.39 Å². The highest BCUT2D eigenvalue weighted by Gasteiger charge is 2.05. The second-order valence-electron chi connectivity index (χ2n) is 4.36. The number of halogens is 2. The molecule has 0 aliphatic carbocycles. The van der Waals surface area contributed by atoms with Crippen molar-refractivity contribution in [3.8, 4) is 0 Å². The Morgan fingerprint density at radius 2 is 1.68 bits per heavy atom. The topological polar surface area (TPSA) is 26.0 Å². The van der Waals surface area contributed by atoms with Crippen LogP contribution < -0.4 is 5.73 Å². The molecule has 100 valence electrons. The van der Waals surface area contributed by atoms with Crippen LogP contribution in [0.4, 0.5) is 4.39 Å². The van der Waals surface area contributed by atoms with Gasteiger partial charge in [0.15, 0.2) is 0 Å². The lowest BCUT2D eigenvalue weighted by Gasteiger charge is -2.11. The van der Waals surface area contributed by atoms with Gasteiger partial charge in [-0.2, -0.15) is 0 Å². The van der Waals surface area contributed by atoms with Crippen molar-refractivity contribution < 1.29 is 4.39 Å². The van der Waals surface area contributed by atoms with Crippen LogP contribution in [0.25, 0.3) is 0 Å². The molecule has 0 bridgehead atoms. The highest BCUT2D eigenvalue weighted by atomic mass is 79.9. The summed E-state index contributed by atoms with van der Waals surface area (Å²) in [7, 11) is 0. The van der Waals surface area contributed by atoms with E-state index in [9.17, 15) is 4.39 Å². The van der Waals surface area contributed by atoms with Gasteiger partial charge in [-0.05, 0) is 48.4 Å². The zero-order valence-corrected chi connectivity index (χ0v) is 12.8. The van der Waals surface area contributed by atoms with Crippen LogP contribution in [0, 0.1) is 5.82 Å². The summed E-state index contributed by atoms with van der Waals surface area (Å²) in [5, 5.41) is 0. The third-order valence-corrected chi connectivity index (χ3v) is 4.42. The molecule has 1 unspecified atom stereocenters. The summed E-state index contributed by atoms with van der Waals surface area (Å²) in [6.07, 6.45) is 0.849. The van der Waals surface area contributed by atoms with Crippen molar-refractivity contribution in [1.29, 1.82) is 0 Å². The normalized spacial score (nSPS) is 12.4. The number of benzene rings is 2. The molecule has 2 aromatic rings. The van der Waals surface area contributed by atoms with Crippen LogP contribution in [-0.4, -0.2) is 11.8 Å². The smallest absolute Gasteiger partial charge is 0.123 e. The minimum absolute atomic E-state index is 0.0937. The van der Waals surface area contributed by atoms with E-state index >= 15 is 0 Å². The summed E-state index contributed by atoms with van der Waals surface area (Å²) in [6, 6.07) is 14.8. The maximum Gasteiger partial charge on any atom is 0.123 e. The Bertz CT molecular complexity index is 513. The summed E-state index contributed by atoms with van der Waals surface area (Å²) >= 11 is 5.07. The largest absolute Gasteiger partial charge is 0.327 e. The summed E-state index contributed by atoms with van der Waals surface area (Å²) < 4.78 is 13.8. The SMILES string of the molecule is NC(CSc1ccc(F)cc1)Cc1ccc(Br)cc1. The van der Waals surface area contributed by atoms with Gasteiger partial charge in [0.1, 0.15) is 5.82 Å². The third kappa shape index (κ3) is 4.97. The van der Waals surface area contributed by atoms with Crippen LogP contribution in [0.2, 0.25) is 0 Å². The first-order valence-electron chi connectivity index (χ1n) is 6.02. The molecule has 0 aromatic heterocycles. The van der Waals surface area contributed by atoms with Gasteiger partial charge in [-0.3, -0.25) is 0 Å². The zero-order valence-electron chi connectivity index (χ0n) is 10.4. The number of rotatable bonds is 5. The third-order valence-electron chi connectivity index (χ3n) is 2.69. The molecular weight excluding hydrogens is 325 g/mol. The van der Waals surface area contributed by atoms with Crippen molar-refractivity contribution in [3.05, 3.63) is 64.4 Å². The summed E-state index contributed by atoms with van der Waals surface area (Å²) in [6.45, 7) is 0. The van der Waals surface area contributed by atoms with Gasteiger partial charge in [-0.15, -0.1) is 11.8 Å². The Morgan fingerprint density at radius 3 is 2.32 bits per heavy atom. The fraction of sp³-hybridized carbons (Fsp3) is 0.200. The summed E-state index contributed by atoms with van der Waals surface area (Å²) in [5.41, 5.74) is 7.35. The van der Waals surface area contributed by atoms with E-state index in [4.69, 9.17) is 5.73 Å². The van der Waals surface area contributed by atoms with Gasteiger partial charge in [0, 0.05) is 21.2 Å². The van der Waals surface area contributed by atoms with Crippen LogP contribution in [0.3, 0.4) is 0 Å². The number of nitrogens with two attached hydrogens (primary N) is 1. The van der Waals surface area contributed by atoms with E-state index in [1.54, 1.807) is 23.9 Å². The molecule has 2 aromatic carbocycles. The standard InChI is InChI=1S/C15H15BrFNS/c16-12-3-1-11(2-4-12)9-14(18)10-19-15-7-5-13(17)6-8-15/h1-8,14H,9-10,18H2. The van der Waals surface area contributed by atoms with Crippen LogP contribution in [-0.2, 0) is 6.42 Å². The van der Waals surface area contributed by atoms with Crippen molar-refractivity contribution in [1.82, 2.24) is 0 Å². The van der Waals surface area contributed by atoms with Crippen molar-refractivity contribution in [2.45, 2.75) is 17.4 Å². The Hall–Kier alpha value is -0.840. The fourth-order valence-electron chi connectivity index (χ4n) is 1.72. The van der Waals surface area contributed by atoms with E-state index in [1.165, 1.54) is 17.7 Å². The van der Waals surface area contributed by atoms with Crippen LogP contribution in [0.15, 0.2) is 57.9 Å². The van der Waals surface area contributed by atoms with Crippen molar-refractivity contribution in [3.63, 3.8) is 0 Å². The fourth-order valence-corrected chi connectivity index (χ4v) is 2.83. The second-order valence-corrected chi connectivity index (χ2v) is 6.36. The lowest BCUT2D eigenvalue weighted by atomic mass is 10.1. The molecule has 2 rings (SSSR count). The molecule has 0 aliphatic rings. The molecule has 1 atom stereocenters. The Labute approximate surface area is 125 Å². The number of hydrogen-bond donors (Lipinski definition) is 1. The molecule has 0 amide bonds. The Kier molecular flexibility index (Phi) is 5.43. The molecule has 4 heteroatoms. The van der Waals surface area contributed by atoms with E-state index in [2.05, 4.69) is 28.1 Å². The average Bonchev–Trinajstić information content (AvgIpc) is 2.41. The van der Waals surface area contributed by atoms with Crippen molar-refractivity contribution in [2.75, 3.05) is 5.75 Å². The van der Waals surface area contributed by atoms with Gasteiger partial charge in [0.25, 0.3) is 0 Å². The van der Waals surface area contributed by atoms with Crippen molar-refractivity contribution >= 4 is 27.7 Å². The molecule has 0 heterocycles. The minimum atomic E-state index is -0.205. The van der Waals surface area contributed by atoms with E-state index < -0.39 is 0 Å². The predicted octanol–water partition coefficient (Wildman–Crippen LogP) is 4.25. The minimum Gasteiger partial charge on any atom is -0.327 e. The molecule has 0 radical (unpaired) electrons. The van der Waals surface area contributed by atoms with Crippen LogP contribution >= 0.6 is 27.7 Å². The van der Waals surface area contributed by atoms with Gasteiger partial charge in [0.05, 0.1) is 0 Å². The van der Waals surface area contributed by atoms with Gasteiger partial charge in [-0.1, -0.05) is 28.1 Å². The highest BCUT2D eigenvalue weighted by molar-refractivity contribution is 9.10. The summed E-state index contributed by atoms with van der Waals surface area (Å²) in [5.74, 6) is 0.616. The lowest BCUT2D eigenvalue weighted by molar-refractivity contribution is 0.626. The van der Waals surface area contributed by atoms with Crippen molar-refractivity contribution in [2.24, 2.45) is 5.73 Å². The van der Waals surface area contributed by atoms with Gasteiger partial charge >= 0.3 is 0 Å². The molecule has 0 spiro atoms. The highest BCUT2D eigenvalue weighted by Crippen LogP contribution is 2.20. The van der Waals surface area contributed by atoms with Crippen LogP contribution in [0.5, 0.6) is 0 Å². The maximum absolute atomic E-state index is 12.8. The average molecular weight is 340 g/mol. The predicted molar refractivity (Wildman–Crippen MR) is 82.9 cm³/mol.